The Labute approximate surface area is 182 Å². The van der Waals surface area contributed by atoms with Crippen LogP contribution in [-0.2, 0) is 16.1 Å². The fourth-order valence-electron chi connectivity index (χ4n) is 4.86. The predicted octanol–water partition coefficient (Wildman–Crippen LogP) is 1.13. The lowest BCUT2D eigenvalue weighted by atomic mass is 10.0. The van der Waals surface area contributed by atoms with E-state index in [0.717, 1.165) is 36.5 Å². The average Bonchev–Trinajstić information content (AvgIpc) is 3.17. The largest absolute Gasteiger partial charge is 0.393 e. The number of aliphatic hydroxyl groups excluding tert-OH is 1. The molecule has 3 atom stereocenters. The number of fused-ring (bicyclic) bond motifs is 1. The van der Waals surface area contributed by atoms with Crippen LogP contribution in [0.2, 0.25) is 5.02 Å². The molecule has 1 aromatic carbocycles. The van der Waals surface area contributed by atoms with E-state index >= 15 is 0 Å². The van der Waals surface area contributed by atoms with Gasteiger partial charge in [0.1, 0.15) is 0 Å². The summed E-state index contributed by atoms with van der Waals surface area (Å²) in [7, 11) is 0. The van der Waals surface area contributed by atoms with E-state index in [2.05, 4.69) is 15.5 Å². The fourth-order valence-corrected chi connectivity index (χ4v) is 5.08. The highest BCUT2D eigenvalue weighted by atomic mass is 35.5. The van der Waals surface area contributed by atoms with Crippen LogP contribution in [0.3, 0.4) is 0 Å². The van der Waals surface area contributed by atoms with E-state index in [1.54, 1.807) is 0 Å². The summed E-state index contributed by atoms with van der Waals surface area (Å²) in [6.45, 7) is 3.42. The molecule has 3 saturated heterocycles. The molecule has 8 heteroatoms. The van der Waals surface area contributed by atoms with Crippen LogP contribution in [0, 0.1) is 0 Å². The van der Waals surface area contributed by atoms with Crippen molar-refractivity contribution < 1.29 is 14.7 Å². The number of aliphatic hydroxyl groups is 1. The van der Waals surface area contributed by atoms with Gasteiger partial charge in [-0.15, -0.1) is 0 Å². The number of piperidine rings is 1. The summed E-state index contributed by atoms with van der Waals surface area (Å²) in [5.41, 5.74) is 1.13. The van der Waals surface area contributed by atoms with Gasteiger partial charge in [-0.1, -0.05) is 23.7 Å². The molecule has 3 heterocycles. The van der Waals surface area contributed by atoms with Crippen LogP contribution in [0.5, 0.6) is 0 Å². The van der Waals surface area contributed by atoms with Crippen LogP contribution in [0.4, 0.5) is 0 Å². The maximum Gasteiger partial charge on any atom is 0.237 e. The summed E-state index contributed by atoms with van der Waals surface area (Å²) in [4.78, 5) is 29.1. The molecular weight excluding hydrogens is 404 g/mol. The van der Waals surface area contributed by atoms with Crippen molar-refractivity contribution in [3.8, 4) is 0 Å². The van der Waals surface area contributed by atoms with Gasteiger partial charge in [0.25, 0.3) is 0 Å². The molecular formula is C22H31ClN4O3. The van der Waals surface area contributed by atoms with E-state index in [-0.39, 0.29) is 36.0 Å². The summed E-state index contributed by atoms with van der Waals surface area (Å²) >= 11 is 6.07. The Balaban J connectivity index is 1.29. The number of halogens is 1. The molecule has 0 bridgehead atoms. The molecule has 7 nitrogen and oxygen atoms in total. The van der Waals surface area contributed by atoms with E-state index in [1.807, 2.05) is 29.2 Å². The Bertz CT molecular complexity index is 769. The molecule has 0 unspecified atom stereocenters. The maximum absolute atomic E-state index is 12.6. The first-order valence-corrected chi connectivity index (χ1v) is 11.3. The highest BCUT2D eigenvalue weighted by Gasteiger charge is 2.43. The molecule has 3 N–H and O–H groups in total. The number of carbonyl (C=O) groups is 2. The zero-order chi connectivity index (χ0) is 21.1. The van der Waals surface area contributed by atoms with Gasteiger partial charge in [0.15, 0.2) is 0 Å². The lowest BCUT2D eigenvalue weighted by molar-refractivity contribution is -0.134. The number of carbonyl (C=O) groups excluding carboxylic acids is 2. The quantitative estimate of drug-likeness (QED) is 0.625. The van der Waals surface area contributed by atoms with Crippen molar-refractivity contribution >= 4 is 23.4 Å². The first-order valence-electron chi connectivity index (χ1n) is 11.0. The molecule has 2 amide bonds. The number of hydrogen-bond acceptors (Lipinski definition) is 5. The molecule has 1 aromatic rings. The van der Waals surface area contributed by atoms with Crippen LogP contribution in [0.25, 0.3) is 0 Å². The highest BCUT2D eigenvalue weighted by Crippen LogP contribution is 2.26. The van der Waals surface area contributed by atoms with E-state index in [0.29, 0.717) is 38.9 Å². The molecule has 0 spiro atoms. The first kappa shape index (κ1) is 21.6. The van der Waals surface area contributed by atoms with E-state index < -0.39 is 0 Å². The molecule has 0 aromatic heterocycles. The number of nitrogens with one attached hydrogen (secondary N) is 2. The smallest absolute Gasteiger partial charge is 0.237 e. The van der Waals surface area contributed by atoms with Crippen molar-refractivity contribution in [2.24, 2.45) is 0 Å². The molecule has 164 valence electrons. The van der Waals surface area contributed by atoms with E-state index in [4.69, 9.17) is 11.6 Å². The molecule has 3 aliphatic rings. The number of nitrogens with zero attached hydrogens (tertiary/aromatic N) is 2. The molecule has 3 aliphatic heterocycles. The van der Waals surface area contributed by atoms with Gasteiger partial charge in [-0.25, -0.2) is 0 Å². The molecule has 0 saturated carbocycles. The number of likely N-dealkylation sites (tertiary alicyclic amines) is 1. The monoisotopic (exact) mass is 434 g/mol. The molecule has 3 fully saturated rings. The van der Waals surface area contributed by atoms with Crippen molar-refractivity contribution in [1.29, 1.82) is 0 Å². The molecule has 30 heavy (non-hydrogen) atoms. The Hall–Kier alpha value is -1.67. The third-order valence-corrected chi connectivity index (χ3v) is 6.85. The zero-order valence-electron chi connectivity index (χ0n) is 17.2. The van der Waals surface area contributed by atoms with Crippen molar-refractivity contribution in [1.82, 2.24) is 20.4 Å². The maximum atomic E-state index is 12.6. The van der Waals surface area contributed by atoms with Gasteiger partial charge < -0.3 is 20.6 Å². The third-order valence-electron chi connectivity index (χ3n) is 6.62. The van der Waals surface area contributed by atoms with Crippen molar-refractivity contribution in [3.05, 3.63) is 34.9 Å². The number of rotatable bonds is 6. The molecule has 0 radical (unpaired) electrons. The predicted molar refractivity (Wildman–Crippen MR) is 115 cm³/mol. The lowest BCUT2D eigenvalue weighted by Gasteiger charge is -2.37. The normalized spacial score (nSPS) is 27.7. The number of piperazine rings is 1. The van der Waals surface area contributed by atoms with E-state index in [1.165, 1.54) is 0 Å². The van der Waals surface area contributed by atoms with Gasteiger partial charge in [-0.3, -0.25) is 14.5 Å². The number of amides is 2. The van der Waals surface area contributed by atoms with Crippen molar-refractivity contribution in [2.45, 2.75) is 62.9 Å². The standard InChI is InChI=1S/C22H31ClN4O3/c23-16-3-1-2-15(10-16)12-24-17-11-20-22(30)25-13-18(27(20)14-17)4-5-21(29)26-8-6-19(28)7-9-26/h1-3,10,17-20,24,28H,4-9,11-14H2,(H,25,30)/t17-,18-,20-/m1/s1. The summed E-state index contributed by atoms with van der Waals surface area (Å²) in [5.74, 6) is 0.250. The first-order chi connectivity index (χ1) is 14.5. The van der Waals surface area contributed by atoms with Crippen LogP contribution >= 0.6 is 11.6 Å². The second-order valence-corrected chi connectivity index (χ2v) is 9.14. The van der Waals surface area contributed by atoms with E-state index in [9.17, 15) is 14.7 Å². The molecule has 0 aliphatic carbocycles. The van der Waals surface area contributed by atoms with Crippen LogP contribution in [0.15, 0.2) is 24.3 Å². The Kier molecular flexibility index (Phi) is 6.93. The number of benzene rings is 1. The topological polar surface area (TPSA) is 84.9 Å². The second-order valence-electron chi connectivity index (χ2n) is 8.71. The third kappa shape index (κ3) is 5.14. The van der Waals surface area contributed by atoms with Gasteiger partial charge in [-0.2, -0.15) is 0 Å². The summed E-state index contributed by atoms with van der Waals surface area (Å²) in [5, 5.41) is 16.9. The highest BCUT2D eigenvalue weighted by molar-refractivity contribution is 6.30. The minimum atomic E-state index is -0.274. The van der Waals surface area contributed by atoms with Gasteiger partial charge in [0.2, 0.25) is 11.8 Å². The fraction of sp³-hybridized carbons (Fsp3) is 0.636. The van der Waals surface area contributed by atoms with Gasteiger partial charge >= 0.3 is 0 Å². The summed E-state index contributed by atoms with van der Waals surface area (Å²) in [6, 6.07) is 8.11. The Morgan fingerprint density at radius 2 is 2.10 bits per heavy atom. The lowest BCUT2D eigenvalue weighted by Crippen LogP contribution is -2.58. The zero-order valence-corrected chi connectivity index (χ0v) is 18.0. The van der Waals surface area contributed by atoms with Crippen molar-refractivity contribution in [2.75, 3.05) is 26.2 Å². The van der Waals surface area contributed by atoms with Crippen LogP contribution in [-0.4, -0.2) is 77.1 Å². The summed E-state index contributed by atoms with van der Waals surface area (Å²) < 4.78 is 0. The molecule has 4 rings (SSSR count). The van der Waals surface area contributed by atoms with Crippen LogP contribution < -0.4 is 10.6 Å². The number of hydrogen-bond donors (Lipinski definition) is 3. The second kappa shape index (κ2) is 9.64. The summed E-state index contributed by atoms with van der Waals surface area (Å²) in [6.07, 6.45) is 3.07. The Morgan fingerprint density at radius 1 is 1.30 bits per heavy atom. The van der Waals surface area contributed by atoms with Crippen LogP contribution in [0.1, 0.15) is 37.7 Å². The minimum Gasteiger partial charge on any atom is -0.393 e. The van der Waals surface area contributed by atoms with Gasteiger partial charge in [0, 0.05) is 56.3 Å². The van der Waals surface area contributed by atoms with Gasteiger partial charge in [-0.05, 0) is 43.4 Å². The van der Waals surface area contributed by atoms with Crippen molar-refractivity contribution in [3.63, 3.8) is 0 Å². The van der Waals surface area contributed by atoms with Gasteiger partial charge in [0.05, 0.1) is 12.1 Å². The Morgan fingerprint density at radius 3 is 2.87 bits per heavy atom. The minimum absolute atomic E-state index is 0.0923. The SMILES string of the molecule is O=C1NC[C@@H](CCC(=O)N2CCC(O)CC2)N2C[C@H](NCc3cccc(Cl)c3)C[C@H]12. The average molecular weight is 435 g/mol.